The van der Waals surface area contributed by atoms with Gasteiger partial charge in [0, 0.05) is 22.4 Å². The first kappa shape index (κ1) is 16.0. The molecule has 1 atom stereocenters. The van der Waals surface area contributed by atoms with Gasteiger partial charge in [-0.05, 0) is 37.2 Å². The fourth-order valence-corrected chi connectivity index (χ4v) is 2.49. The number of aryl methyl sites for hydroxylation is 1. The van der Waals surface area contributed by atoms with Gasteiger partial charge in [0.05, 0.1) is 11.6 Å². The summed E-state index contributed by atoms with van der Waals surface area (Å²) in [5.41, 5.74) is 1.17. The number of nitrogens with zero attached hydrogens (tertiary/aromatic N) is 1. The Bertz CT molecular complexity index is 641. The number of hydrogen-bond donors (Lipinski definition) is 1. The Morgan fingerprint density at radius 3 is 2.52 bits per heavy atom. The molecule has 0 aliphatic rings. The van der Waals surface area contributed by atoms with Crippen LogP contribution in [0.25, 0.3) is 0 Å². The number of halogens is 4. The van der Waals surface area contributed by atoms with Crippen LogP contribution in [0.2, 0.25) is 0 Å². The standard InChI is InChI=1S/C15H14BrF3N2/c1-9-7-10(3-4-13(9)16)14(20-2)11-8-21-6-5-12(11)15(17,18)19/h3-8,14,20H,1-2H3. The summed E-state index contributed by atoms with van der Waals surface area (Å²) in [5, 5.41) is 2.94. The summed E-state index contributed by atoms with van der Waals surface area (Å²) < 4.78 is 40.3. The Kier molecular flexibility index (Phi) is 4.68. The van der Waals surface area contributed by atoms with Crippen molar-refractivity contribution in [1.82, 2.24) is 10.3 Å². The number of hydrogen-bond acceptors (Lipinski definition) is 2. The molecule has 112 valence electrons. The topological polar surface area (TPSA) is 24.9 Å². The summed E-state index contributed by atoms with van der Waals surface area (Å²) in [7, 11) is 1.63. The third-order valence-electron chi connectivity index (χ3n) is 3.27. The first-order valence-corrected chi connectivity index (χ1v) is 7.08. The molecular weight excluding hydrogens is 345 g/mol. The van der Waals surface area contributed by atoms with Crippen molar-refractivity contribution in [1.29, 1.82) is 0 Å². The van der Waals surface area contributed by atoms with Crippen molar-refractivity contribution in [3.8, 4) is 0 Å². The van der Waals surface area contributed by atoms with Crippen LogP contribution in [0.3, 0.4) is 0 Å². The highest BCUT2D eigenvalue weighted by atomic mass is 79.9. The molecule has 1 N–H and O–H groups in total. The van der Waals surface area contributed by atoms with Crippen LogP contribution in [0.5, 0.6) is 0 Å². The fraction of sp³-hybridized carbons (Fsp3) is 0.267. The van der Waals surface area contributed by atoms with E-state index in [4.69, 9.17) is 0 Å². The second-order valence-corrected chi connectivity index (χ2v) is 5.55. The quantitative estimate of drug-likeness (QED) is 0.874. The lowest BCUT2D eigenvalue weighted by molar-refractivity contribution is -0.138. The number of nitrogens with one attached hydrogen (secondary N) is 1. The van der Waals surface area contributed by atoms with E-state index in [0.29, 0.717) is 0 Å². The van der Waals surface area contributed by atoms with E-state index in [1.54, 1.807) is 13.1 Å². The Morgan fingerprint density at radius 1 is 1.24 bits per heavy atom. The average Bonchev–Trinajstić information content (AvgIpc) is 2.43. The fourth-order valence-electron chi connectivity index (χ4n) is 2.24. The molecule has 21 heavy (non-hydrogen) atoms. The van der Waals surface area contributed by atoms with Crippen molar-refractivity contribution in [3.05, 3.63) is 63.4 Å². The molecule has 2 rings (SSSR count). The van der Waals surface area contributed by atoms with Crippen LogP contribution < -0.4 is 5.32 Å². The van der Waals surface area contributed by atoms with Crippen molar-refractivity contribution in [2.45, 2.75) is 19.1 Å². The van der Waals surface area contributed by atoms with Gasteiger partial charge in [0.25, 0.3) is 0 Å². The van der Waals surface area contributed by atoms with Crippen LogP contribution in [0.4, 0.5) is 13.2 Å². The van der Waals surface area contributed by atoms with E-state index in [-0.39, 0.29) is 5.56 Å². The lowest BCUT2D eigenvalue weighted by atomic mass is 9.95. The van der Waals surface area contributed by atoms with Crippen molar-refractivity contribution >= 4 is 15.9 Å². The van der Waals surface area contributed by atoms with Crippen LogP contribution in [-0.4, -0.2) is 12.0 Å². The number of pyridine rings is 1. The molecule has 0 aliphatic heterocycles. The zero-order valence-corrected chi connectivity index (χ0v) is 13.1. The minimum atomic E-state index is -4.40. The van der Waals surface area contributed by atoms with Crippen molar-refractivity contribution < 1.29 is 13.2 Å². The molecule has 0 aliphatic carbocycles. The Balaban J connectivity index is 2.54. The molecule has 6 heteroatoms. The summed E-state index contributed by atoms with van der Waals surface area (Å²) in [6, 6.07) is 5.93. The molecule has 2 aromatic rings. The predicted octanol–water partition coefficient (Wildman–Crippen LogP) is 4.48. The lowest BCUT2D eigenvalue weighted by Crippen LogP contribution is -2.22. The molecule has 0 saturated carbocycles. The van der Waals surface area contributed by atoms with Gasteiger partial charge in [0.2, 0.25) is 0 Å². The highest BCUT2D eigenvalue weighted by Gasteiger charge is 2.35. The summed E-state index contributed by atoms with van der Waals surface area (Å²) in [4.78, 5) is 3.84. The van der Waals surface area contributed by atoms with Crippen LogP contribution in [0, 0.1) is 6.92 Å². The largest absolute Gasteiger partial charge is 0.416 e. The van der Waals surface area contributed by atoms with E-state index in [9.17, 15) is 13.2 Å². The maximum Gasteiger partial charge on any atom is 0.416 e. The van der Waals surface area contributed by atoms with Crippen LogP contribution >= 0.6 is 15.9 Å². The van der Waals surface area contributed by atoms with Crippen molar-refractivity contribution in [2.75, 3.05) is 7.05 Å². The molecular formula is C15H14BrF3N2. The van der Waals surface area contributed by atoms with Crippen molar-refractivity contribution in [2.24, 2.45) is 0 Å². The first-order valence-electron chi connectivity index (χ1n) is 6.29. The minimum Gasteiger partial charge on any atom is -0.309 e. The van der Waals surface area contributed by atoms with E-state index in [0.717, 1.165) is 27.9 Å². The second kappa shape index (κ2) is 6.15. The van der Waals surface area contributed by atoms with E-state index in [1.165, 1.54) is 6.20 Å². The monoisotopic (exact) mass is 358 g/mol. The van der Waals surface area contributed by atoms with E-state index < -0.39 is 17.8 Å². The third kappa shape index (κ3) is 3.44. The van der Waals surface area contributed by atoms with Gasteiger partial charge in [-0.2, -0.15) is 13.2 Å². The molecule has 1 unspecified atom stereocenters. The predicted molar refractivity (Wildman–Crippen MR) is 79.0 cm³/mol. The number of benzene rings is 1. The summed E-state index contributed by atoms with van der Waals surface area (Å²) in [5.74, 6) is 0. The van der Waals surface area contributed by atoms with Gasteiger partial charge in [-0.15, -0.1) is 0 Å². The van der Waals surface area contributed by atoms with Gasteiger partial charge in [-0.25, -0.2) is 0 Å². The molecule has 0 bridgehead atoms. The SMILES string of the molecule is CNC(c1ccc(Br)c(C)c1)c1cnccc1C(F)(F)F. The van der Waals surface area contributed by atoms with Gasteiger partial charge in [0.15, 0.2) is 0 Å². The summed E-state index contributed by atoms with van der Waals surface area (Å²) >= 11 is 3.39. The van der Waals surface area contributed by atoms with Crippen molar-refractivity contribution in [3.63, 3.8) is 0 Å². The highest BCUT2D eigenvalue weighted by Crippen LogP contribution is 2.36. The van der Waals surface area contributed by atoms with Gasteiger partial charge in [0.1, 0.15) is 0 Å². The molecule has 2 nitrogen and oxygen atoms in total. The summed E-state index contributed by atoms with van der Waals surface area (Å²) in [6.07, 6.45) is -1.98. The minimum absolute atomic E-state index is 0.120. The van der Waals surface area contributed by atoms with E-state index in [2.05, 4.69) is 26.2 Å². The Hall–Kier alpha value is -1.40. The summed E-state index contributed by atoms with van der Waals surface area (Å²) in [6.45, 7) is 1.90. The molecule has 0 radical (unpaired) electrons. The zero-order chi connectivity index (χ0) is 15.6. The van der Waals surface area contributed by atoms with Crippen LogP contribution in [0.15, 0.2) is 41.1 Å². The molecule has 0 spiro atoms. The third-order valence-corrected chi connectivity index (χ3v) is 4.16. The van der Waals surface area contributed by atoms with Gasteiger partial charge in [-0.3, -0.25) is 4.98 Å². The van der Waals surface area contributed by atoms with Gasteiger partial charge < -0.3 is 5.32 Å². The molecule has 1 aromatic heterocycles. The molecule has 1 aromatic carbocycles. The Labute approximate surface area is 129 Å². The molecule has 0 saturated heterocycles. The molecule has 0 fully saturated rings. The lowest BCUT2D eigenvalue weighted by Gasteiger charge is -2.21. The first-order chi connectivity index (χ1) is 9.84. The number of aromatic nitrogens is 1. The number of rotatable bonds is 3. The number of alkyl halides is 3. The maximum atomic E-state index is 13.1. The maximum absolute atomic E-state index is 13.1. The van der Waals surface area contributed by atoms with E-state index in [1.807, 2.05) is 19.1 Å². The van der Waals surface area contributed by atoms with Gasteiger partial charge >= 0.3 is 6.18 Å². The molecule has 0 amide bonds. The van der Waals surface area contributed by atoms with Crippen LogP contribution in [0.1, 0.15) is 28.3 Å². The van der Waals surface area contributed by atoms with E-state index >= 15 is 0 Å². The smallest absolute Gasteiger partial charge is 0.309 e. The highest BCUT2D eigenvalue weighted by molar-refractivity contribution is 9.10. The Morgan fingerprint density at radius 2 is 1.95 bits per heavy atom. The van der Waals surface area contributed by atoms with Crippen LogP contribution in [-0.2, 0) is 6.18 Å². The zero-order valence-electron chi connectivity index (χ0n) is 11.5. The second-order valence-electron chi connectivity index (χ2n) is 4.69. The average molecular weight is 359 g/mol. The molecule has 1 heterocycles. The van der Waals surface area contributed by atoms with Gasteiger partial charge in [-0.1, -0.05) is 28.1 Å². The normalized spacial score (nSPS) is 13.2.